The zero-order valence-corrected chi connectivity index (χ0v) is 26.4. The van der Waals surface area contributed by atoms with Gasteiger partial charge in [0.05, 0.1) is 46.2 Å². The maximum atomic E-state index is 8.89. The van der Waals surface area contributed by atoms with E-state index < -0.39 is 23.7 Å². The number of carbonyl (C=O) groups excluding carboxylic acids is 3. The van der Waals surface area contributed by atoms with Crippen LogP contribution in [0.25, 0.3) is 0 Å². The molecular formula is C26H30O12Pb-3. The number of carboxylic acids is 3. The van der Waals surface area contributed by atoms with E-state index in [1.54, 1.807) is 27.4 Å². The Morgan fingerprint density at radius 3 is 1.77 bits per heavy atom. The molecule has 1 atom stereocenters. The average molecular weight is 742 g/mol. The SMILES string of the molecule is CC(=O)[O-].CC(=O)[O-].CC(=O)[O-].COc1[c]c2c(c(OC)c1)C1(CC(c3ccc(OC)cc3)O2)OCCO1.[Pb]. The molecule has 1 saturated heterocycles. The molecule has 1 fully saturated rings. The number of hydrogen-bond acceptors (Lipinski definition) is 12. The van der Waals surface area contributed by atoms with Crippen LogP contribution in [0.1, 0.15) is 44.4 Å². The first-order chi connectivity index (χ1) is 17.9. The van der Waals surface area contributed by atoms with E-state index in [1.165, 1.54) is 0 Å². The molecule has 2 heterocycles. The number of aliphatic carboxylic acids is 3. The standard InChI is InChI=1S/C20H21O6.3C2H4O2.Pb/c1-21-14-6-4-13(5-7-14)18-12-20(24-8-9-25-20)19-16(23-3)10-15(22-2)11-17(19)26-18;3*1-2(3)4;/h4-7,10,18H,8-9,12H2,1-3H3;3*1H3,(H,3,4);/p-3. The van der Waals surface area contributed by atoms with Crippen LogP contribution in [0, 0.1) is 6.07 Å². The maximum absolute atomic E-state index is 8.89. The smallest absolute Gasteiger partial charge is 0.206 e. The topological polar surface area (TPSA) is 176 Å². The number of benzene rings is 2. The molecule has 2 aliphatic heterocycles. The summed E-state index contributed by atoms with van der Waals surface area (Å²) in [6.07, 6.45) is 0.266. The summed E-state index contributed by atoms with van der Waals surface area (Å²) in [5.74, 6) is -1.71. The molecular weight excluding hydrogens is 711 g/mol. The van der Waals surface area contributed by atoms with Crippen molar-refractivity contribution in [3.8, 4) is 23.0 Å². The van der Waals surface area contributed by atoms with Gasteiger partial charge in [0.2, 0.25) is 5.79 Å². The van der Waals surface area contributed by atoms with Crippen molar-refractivity contribution in [2.45, 2.75) is 39.1 Å². The van der Waals surface area contributed by atoms with E-state index in [4.69, 9.17) is 58.1 Å². The minimum absolute atomic E-state index is 0. The fourth-order valence-electron chi connectivity index (χ4n) is 3.49. The second-order valence-electron chi connectivity index (χ2n) is 7.62. The van der Waals surface area contributed by atoms with E-state index >= 15 is 0 Å². The third-order valence-electron chi connectivity index (χ3n) is 4.75. The number of fused-ring (bicyclic) bond motifs is 2. The number of ether oxygens (including phenoxy) is 6. The summed E-state index contributed by atoms with van der Waals surface area (Å²) >= 11 is 0. The van der Waals surface area contributed by atoms with Gasteiger partial charge in [-0.2, -0.15) is 0 Å². The number of carbonyl (C=O) groups is 3. The van der Waals surface area contributed by atoms with Crippen LogP contribution in [0.4, 0.5) is 0 Å². The van der Waals surface area contributed by atoms with Crippen molar-refractivity contribution in [1.29, 1.82) is 0 Å². The summed E-state index contributed by atoms with van der Waals surface area (Å²) in [6, 6.07) is 12.7. The molecule has 0 N–H and O–H groups in total. The van der Waals surface area contributed by atoms with Gasteiger partial charge in [0.25, 0.3) is 0 Å². The van der Waals surface area contributed by atoms with Crippen molar-refractivity contribution in [3.05, 3.63) is 47.5 Å². The number of hydrogen-bond donors (Lipinski definition) is 0. The predicted molar refractivity (Wildman–Crippen MR) is 131 cm³/mol. The van der Waals surface area contributed by atoms with Crippen molar-refractivity contribution >= 4 is 45.2 Å². The van der Waals surface area contributed by atoms with Crippen LogP contribution in [0.15, 0.2) is 30.3 Å². The first kappa shape index (κ1) is 35.9. The Morgan fingerprint density at radius 1 is 0.872 bits per heavy atom. The van der Waals surface area contributed by atoms with Gasteiger partial charge in [0, 0.05) is 57.7 Å². The molecule has 12 nitrogen and oxygen atoms in total. The molecule has 2 aliphatic rings. The van der Waals surface area contributed by atoms with Gasteiger partial charge in [-0.1, -0.05) is 12.1 Å². The zero-order valence-electron chi connectivity index (χ0n) is 22.5. The molecule has 0 saturated carbocycles. The molecule has 4 rings (SSSR count). The Hall–Kier alpha value is -3.11. The number of rotatable bonds is 4. The van der Waals surface area contributed by atoms with Crippen molar-refractivity contribution in [1.82, 2.24) is 0 Å². The van der Waals surface area contributed by atoms with Gasteiger partial charge < -0.3 is 58.1 Å². The van der Waals surface area contributed by atoms with Crippen molar-refractivity contribution in [2.75, 3.05) is 34.5 Å². The van der Waals surface area contributed by atoms with E-state index in [0.717, 1.165) is 37.6 Å². The molecule has 13 heteroatoms. The Balaban J connectivity index is 0.000000945. The summed E-state index contributed by atoms with van der Waals surface area (Å²) in [6.45, 7) is 3.95. The molecule has 5 radical (unpaired) electrons. The molecule has 2 aromatic rings. The second-order valence-corrected chi connectivity index (χ2v) is 7.62. The number of methoxy groups -OCH3 is 3. The summed E-state index contributed by atoms with van der Waals surface area (Å²) in [4.78, 5) is 26.7. The van der Waals surface area contributed by atoms with Crippen LogP contribution in [0.5, 0.6) is 23.0 Å². The molecule has 0 amide bonds. The Kier molecular flexibility index (Phi) is 16.1. The first-order valence-electron chi connectivity index (χ1n) is 11.2. The third-order valence-corrected chi connectivity index (χ3v) is 4.75. The quantitative estimate of drug-likeness (QED) is 0.355. The Labute approximate surface area is 246 Å². The van der Waals surface area contributed by atoms with E-state index in [1.807, 2.05) is 24.3 Å². The minimum Gasteiger partial charge on any atom is -0.550 e. The summed E-state index contributed by atoms with van der Waals surface area (Å²) in [7, 11) is 4.83. The molecule has 2 aromatic carbocycles. The van der Waals surface area contributed by atoms with Crippen molar-refractivity contribution < 1.29 is 58.1 Å². The summed E-state index contributed by atoms with van der Waals surface area (Å²) in [5, 5.41) is 26.7. The van der Waals surface area contributed by atoms with Gasteiger partial charge in [-0.25, -0.2) is 0 Å². The fraction of sp³-hybridized carbons (Fsp3) is 0.423. The molecule has 1 spiro atoms. The molecule has 0 aliphatic carbocycles. The van der Waals surface area contributed by atoms with Crippen LogP contribution in [0.2, 0.25) is 0 Å². The van der Waals surface area contributed by atoms with Gasteiger partial charge in [0.15, 0.2) is 0 Å². The largest absolute Gasteiger partial charge is 0.550 e. The van der Waals surface area contributed by atoms with Gasteiger partial charge in [-0.05, 0) is 38.5 Å². The van der Waals surface area contributed by atoms with Gasteiger partial charge >= 0.3 is 0 Å². The second kappa shape index (κ2) is 17.5. The van der Waals surface area contributed by atoms with Crippen LogP contribution >= 0.6 is 0 Å². The van der Waals surface area contributed by atoms with Crippen molar-refractivity contribution in [3.63, 3.8) is 0 Å². The van der Waals surface area contributed by atoms with E-state index in [2.05, 4.69) is 6.07 Å². The van der Waals surface area contributed by atoms with Crippen LogP contribution in [-0.2, 0) is 29.6 Å². The monoisotopic (exact) mass is 742 g/mol. The van der Waals surface area contributed by atoms with E-state index in [0.29, 0.717) is 36.9 Å². The van der Waals surface area contributed by atoms with Crippen LogP contribution in [-0.4, -0.2) is 79.7 Å². The first-order valence-corrected chi connectivity index (χ1v) is 11.2. The van der Waals surface area contributed by atoms with E-state index in [-0.39, 0.29) is 33.4 Å². The summed E-state index contributed by atoms with van der Waals surface area (Å²) < 4.78 is 34.5. The van der Waals surface area contributed by atoms with E-state index in [9.17, 15) is 0 Å². The Morgan fingerprint density at radius 2 is 1.36 bits per heavy atom. The molecule has 213 valence electrons. The number of carboxylic acid groups (broad SMARTS) is 3. The molecule has 0 aromatic heterocycles. The maximum Gasteiger partial charge on any atom is 0.206 e. The Bertz CT molecular complexity index is 1020. The van der Waals surface area contributed by atoms with Crippen molar-refractivity contribution in [2.24, 2.45) is 0 Å². The fourth-order valence-corrected chi connectivity index (χ4v) is 3.49. The zero-order chi connectivity index (χ0) is 28.9. The van der Waals surface area contributed by atoms with Gasteiger partial charge in [0.1, 0.15) is 29.1 Å². The average Bonchev–Trinajstić information content (AvgIpc) is 3.30. The van der Waals surface area contributed by atoms with Crippen LogP contribution < -0.4 is 34.3 Å². The molecule has 1 unspecified atom stereocenters. The molecule has 39 heavy (non-hydrogen) atoms. The summed E-state index contributed by atoms with van der Waals surface area (Å²) in [5.41, 5.74) is 1.73. The van der Waals surface area contributed by atoms with Gasteiger partial charge in [-0.3, -0.25) is 0 Å². The van der Waals surface area contributed by atoms with Crippen LogP contribution in [0.3, 0.4) is 0 Å². The molecule has 0 bridgehead atoms. The third kappa shape index (κ3) is 11.7. The normalized spacial score (nSPS) is 15.5. The van der Waals surface area contributed by atoms with Gasteiger partial charge in [-0.15, -0.1) is 0 Å². The minimum atomic E-state index is -1.08. The predicted octanol–water partition coefficient (Wildman–Crippen LogP) is -0.876.